The lowest BCUT2D eigenvalue weighted by Gasteiger charge is -2.24. The van der Waals surface area contributed by atoms with Crippen molar-refractivity contribution < 1.29 is 23.0 Å². The standard InChI is InChI=1S/C27H27F2N5O4/c1-27(2,3)38-26(36)33-12-11-16(13-33)34-14-18(21-22(34)25(35)32-31-24(21)30)15-7-9-17(10-8-15)37-23-19(28)5-4-6-20(23)29/h4-10,14,16H,11-13H2,1-3H3,(H2,30,31)(H,32,35). The first kappa shape index (κ1) is 25.2. The van der Waals surface area contributed by atoms with Crippen LogP contribution in [0.1, 0.15) is 33.2 Å². The molecule has 198 valence electrons. The first-order chi connectivity index (χ1) is 18.0. The van der Waals surface area contributed by atoms with Gasteiger partial charge in [0, 0.05) is 24.8 Å². The minimum absolute atomic E-state index is 0.143. The van der Waals surface area contributed by atoms with Gasteiger partial charge in [0.25, 0.3) is 5.56 Å². The topological polar surface area (TPSA) is 115 Å². The van der Waals surface area contributed by atoms with Crippen LogP contribution in [0.2, 0.25) is 0 Å². The van der Waals surface area contributed by atoms with Gasteiger partial charge in [-0.25, -0.2) is 18.7 Å². The molecule has 9 nitrogen and oxygen atoms in total. The number of ether oxygens (including phenoxy) is 2. The molecule has 1 unspecified atom stereocenters. The van der Waals surface area contributed by atoms with Gasteiger partial charge in [-0.1, -0.05) is 18.2 Å². The van der Waals surface area contributed by atoms with Crippen molar-refractivity contribution in [1.82, 2.24) is 19.7 Å². The Labute approximate surface area is 216 Å². The molecule has 1 aliphatic rings. The van der Waals surface area contributed by atoms with E-state index in [0.717, 1.165) is 12.1 Å². The number of hydrogen-bond donors (Lipinski definition) is 2. The fraction of sp³-hybridized carbons (Fsp3) is 0.296. The van der Waals surface area contributed by atoms with Crippen molar-refractivity contribution in [2.24, 2.45) is 0 Å². The molecule has 0 saturated carbocycles. The highest BCUT2D eigenvalue weighted by atomic mass is 19.1. The number of anilines is 1. The maximum atomic E-state index is 14.0. The number of aromatic nitrogens is 3. The Morgan fingerprint density at radius 1 is 1.13 bits per heavy atom. The molecule has 0 radical (unpaired) electrons. The molecule has 2 aromatic carbocycles. The van der Waals surface area contributed by atoms with Crippen molar-refractivity contribution in [3.63, 3.8) is 0 Å². The monoisotopic (exact) mass is 523 g/mol. The van der Waals surface area contributed by atoms with Crippen LogP contribution in [0.5, 0.6) is 11.5 Å². The van der Waals surface area contributed by atoms with Crippen molar-refractivity contribution in [3.05, 3.63) is 70.6 Å². The number of nitrogen functional groups attached to an aromatic ring is 1. The van der Waals surface area contributed by atoms with E-state index in [1.807, 2.05) is 31.5 Å². The van der Waals surface area contributed by atoms with Crippen molar-refractivity contribution in [2.75, 3.05) is 18.8 Å². The summed E-state index contributed by atoms with van der Waals surface area (Å²) in [6, 6.07) is 9.85. The Kier molecular flexibility index (Phi) is 6.29. The predicted molar refractivity (Wildman–Crippen MR) is 138 cm³/mol. The van der Waals surface area contributed by atoms with Crippen LogP contribution in [-0.2, 0) is 4.74 Å². The number of halogens is 2. The van der Waals surface area contributed by atoms with E-state index in [2.05, 4.69) is 10.2 Å². The van der Waals surface area contributed by atoms with Gasteiger partial charge in [-0.3, -0.25) is 4.79 Å². The Morgan fingerprint density at radius 3 is 2.47 bits per heavy atom. The molecule has 3 N–H and O–H groups in total. The van der Waals surface area contributed by atoms with Gasteiger partial charge in [0.15, 0.2) is 23.2 Å². The molecular formula is C27H27F2N5O4. The van der Waals surface area contributed by atoms with Gasteiger partial charge in [-0.15, -0.1) is 0 Å². The molecule has 1 aliphatic heterocycles. The number of nitrogens with two attached hydrogens (primary N) is 1. The summed E-state index contributed by atoms with van der Waals surface area (Å²) in [4.78, 5) is 27.1. The van der Waals surface area contributed by atoms with Gasteiger partial charge in [0.05, 0.1) is 11.4 Å². The zero-order valence-corrected chi connectivity index (χ0v) is 21.1. The molecule has 1 atom stereocenters. The number of rotatable bonds is 4. The first-order valence-electron chi connectivity index (χ1n) is 12.1. The van der Waals surface area contributed by atoms with Crippen LogP contribution in [0.3, 0.4) is 0 Å². The number of H-pyrrole nitrogens is 1. The zero-order valence-electron chi connectivity index (χ0n) is 21.1. The van der Waals surface area contributed by atoms with Gasteiger partial charge in [0.2, 0.25) is 0 Å². The zero-order chi connectivity index (χ0) is 27.2. The first-order valence-corrected chi connectivity index (χ1v) is 12.1. The molecule has 38 heavy (non-hydrogen) atoms. The van der Waals surface area contributed by atoms with Crippen LogP contribution in [0, 0.1) is 11.6 Å². The summed E-state index contributed by atoms with van der Waals surface area (Å²) in [5.74, 6) is -1.75. The highest BCUT2D eigenvalue weighted by Gasteiger charge is 2.32. The molecule has 0 bridgehead atoms. The maximum Gasteiger partial charge on any atom is 0.410 e. The third-order valence-corrected chi connectivity index (χ3v) is 6.29. The van der Waals surface area contributed by atoms with Crippen LogP contribution in [0.15, 0.2) is 53.5 Å². The highest BCUT2D eigenvalue weighted by molar-refractivity contribution is 6.02. The summed E-state index contributed by atoms with van der Waals surface area (Å²) in [5.41, 5.74) is 6.85. The number of hydrogen-bond acceptors (Lipinski definition) is 6. The predicted octanol–water partition coefficient (Wildman–Crippen LogP) is 5.23. The minimum atomic E-state index is -0.813. The smallest absolute Gasteiger partial charge is 0.410 e. The lowest BCUT2D eigenvalue weighted by molar-refractivity contribution is 0.0289. The quantitative estimate of drug-likeness (QED) is 0.379. The second kappa shape index (κ2) is 9.47. The number of carbonyl (C=O) groups is 1. The third-order valence-electron chi connectivity index (χ3n) is 6.29. The van der Waals surface area contributed by atoms with E-state index in [1.54, 1.807) is 29.2 Å². The van der Waals surface area contributed by atoms with Gasteiger partial charge in [-0.2, -0.15) is 5.10 Å². The van der Waals surface area contributed by atoms with Crippen molar-refractivity contribution >= 4 is 22.8 Å². The lowest BCUT2D eigenvalue weighted by atomic mass is 10.1. The number of para-hydroxylation sites is 1. The van der Waals surface area contributed by atoms with E-state index >= 15 is 0 Å². The third kappa shape index (κ3) is 4.79. The summed E-state index contributed by atoms with van der Waals surface area (Å²) >= 11 is 0. The van der Waals surface area contributed by atoms with Crippen molar-refractivity contribution in [3.8, 4) is 22.6 Å². The van der Waals surface area contributed by atoms with Crippen LogP contribution in [0.25, 0.3) is 22.0 Å². The average molecular weight is 524 g/mol. The van der Waals surface area contributed by atoms with E-state index in [4.69, 9.17) is 15.2 Å². The Morgan fingerprint density at radius 2 is 1.82 bits per heavy atom. The van der Waals surface area contributed by atoms with E-state index in [1.165, 1.54) is 6.07 Å². The van der Waals surface area contributed by atoms with Gasteiger partial charge in [-0.05, 0) is 57.0 Å². The Balaban J connectivity index is 1.48. The molecule has 5 rings (SSSR count). The Bertz CT molecular complexity index is 1550. The number of aromatic amines is 1. The number of carbonyl (C=O) groups excluding carboxylic acids is 1. The molecule has 1 saturated heterocycles. The fourth-order valence-electron chi connectivity index (χ4n) is 4.60. The number of nitrogens with zero attached hydrogens (tertiary/aromatic N) is 3. The van der Waals surface area contributed by atoms with Crippen LogP contribution < -0.4 is 16.0 Å². The molecule has 4 aromatic rings. The van der Waals surface area contributed by atoms with Crippen LogP contribution >= 0.6 is 0 Å². The van der Waals surface area contributed by atoms with E-state index in [9.17, 15) is 18.4 Å². The molecular weight excluding hydrogens is 496 g/mol. The minimum Gasteiger partial charge on any atom is -0.451 e. The summed E-state index contributed by atoms with van der Waals surface area (Å²) < 4.78 is 40.7. The van der Waals surface area contributed by atoms with Gasteiger partial charge < -0.3 is 24.7 Å². The van der Waals surface area contributed by atoms with Crippen molar-refractivity contribution in [2.45, 2.75) is 38.8 Å². The molecule has 11 heteroatoms. The number of fused-ring (bicyclic) bond motifs is 1. The molecule has 1 amide bonds. The van der Waals surface area contributed by atoms with Crippen LogP contribution in [0.4, 0.5) is 19.4 Å². The van der Waals surface area contributed by atoms with Crippen molar-refractivity contribution in [1.29, 1.82) is 0 Å². The molecule has 2 aromatic heterocycles. The number of nitrogens with one attached hydrogen (secondary N) is 1. The SMILES string of the molecule is CC(C)(C)OC(=O)N1CCC(n2cc(-c3ccc(Oc4c(F)cccc4F)cc3)c3c(N)n[nH]c(=O)c32)C1. The lowest BCUT2D eigenvalue weighted by Crippen LogP contribution is -2.35. The van der Waals surface area contributed by atoms with Crippen LogP contribution in [-0.4, -0.2) is 44.4 Å². The maximum absolute atomic E-state index is 14.0. The van der Waals surface area contributed by atoms with Gasteiger partial charge >= 0.3 is 6.09 Å². The highest BCUT2D eigenvalue weighted by Crippen LogP contribution is 2.37. The van der Waals surface area contributed by atoms with E-state index < -0.39 is 34.6 Å². The van der Waals surface area contributed by atoms with E-state index in [0.29, 0.717) is 41.5 Å². The molecule has 0 aliphatic carbocycles. The number of amides is 1. The molecule has 1 fully saturated rings. The molecule has 0 spiro atoms. The summed E-state index contributed by atoms with van der Waals surface area (Å²) in [7, 11) is 0. The average Bonchev–Trinajstić information content (AvgIpc) is 3.49. The van der Waals surface area contributed by atoms with E-state index in [-0.39, 0.29) is 17.6 Å². The van der Waals surface area contributed by atoms with Gasteiger partial charge in [0.1, 0.15) is 16.9 Å². The summed E-state index contributed by atoms with van der Waals surface area (Å²) in [5, 5.41) is 6.85. The number of benzene rings is 2. The second-order valence-electron chi connectivity index (χ2n) is 10.2. The second-order valence-corrected chi connectivity index (χ2v) is 10.2. The summed E-state index contributed by atoms with van der Waals surface area (Å²) in [6.45, 7) is 6.26. The fourth-order valence-corrected chi connectivity index (χ4v) is 4.60. The number of likely N-dealkylation sites (tertiary alicyclic amines) is 1. The molecule has 3 heterocycles. The summed E-state index contributed by atoms with van der Waals surface area (Å²) in [6.07, 6.45) is 2.02. The Hall–Kier alpha value is -4.41. The largest absolute Gasteiger partial charge is 0.451 e. The normalized spacial score (nSPS) is 15.7.